The van der Waals surface area contributed by atoms with Gasteiger partial charge in [0, 0.05) is 6.54 Å². The van der Waals surface area contributed by atoms with Crippen LogP contribution < -0.4 is 10.1 Å². The molecule has 1 aromatic carbocycles. The van der Waals surface area contributed by atoms with Crippen LogP contribution in [0.15, 0.2) is 24.3 Å². The lowest BCUT2D eigenvalue weighted by atomic mass is 10.3. The molecule has 0 saturated heterocycles. The lowest BCUT2D eigenvalue weighted by Crippen LogP contribution is -2.42. The van der Waals surface area contributed by atoms with Gasteiger partial charge in [-0.3, -0.25) is 4.79 Å². The van der Waals surface area contributed by atoms with Crippen LogP contribution in [0.5, 0.6) is 5.75 Å². The Morgan fingerprint density at radius 2 is 2.11 bits per heavy atom. The Hall–Kier alpha value is -1.40. The molecule has 7 heteroatoms. The van der Waals surface area contributed by atoms with Gasteiger partial charge in [-0.25, -0.2) is 8.78 Å². The largest absolute Gasteiger partial charge is 0.479 e. The number of hydrogen-bond acceptors (Lipinski definition) is 3. The van der Waals surface area contributed by atoms with E-state index in [0.29, 0.717) is 10.8 Å². The summed E-state index contributed by atoms with van der Waals surface area (Å²) in [5.41, 5.74) is 0. The van der Waals surface area contributed by atoms with Crippen molar-refractivity contribution in [3.63, 3.8) is 0 Å². The molecule has 2 atom stereocenters. The van der Waals surface area contributed by atoms with Crippen LogP contribution in [0.1, 0.15) is 6.92 Å². The second kappa shape index (κ2) is 7.25. The average molecular weight is 294 g/mol. The van der Waals surface area contributed by atoms with Gasteiger partial charge in [0.15, 0.2) is 6.10 Å². The van der Waals surface area contributed by atoms with Gasteiger partial charge in [0.05, 0.1) is 5.02 Å². The third-order valence-electron chi connectivity index (χ3n) is 2.29. The number of nitrogens with one attached hydrogen (secondary N) is 1. The molecule has 1 rings (SSSR count). The molecule has 1 amide bonds. The summed E-state index contributed by atoms with van der Waals surface area (Å²) in [4.78, 5) is 11.6. The number of aliphatic hydroxyl groups excluding tert-OH is 1. The maximum atomic E-state index is 12.0. The van der Waals surface area contributed by atoms with Crippen molar-refractivity contribution >= 4 is 17.5 Å². The van der Waals surface area contributed by atoms with Crippen LogP contribution in [0.25, 0.3) is 0 Å². The van der Waals surface area contributed by atoms with E-state index in [2.05, 4.69) is 5.32 Å². The van der Waals surface area contributed by atoms with Gasteiger partial charge in [-0.05, 0) is 19.1 Å². The molecule has 0 spiro atoms. The first-order valence-electron chi connectivity index (χ1n) is 5.57. The fraction of sp³-hybridized carbons (Fsp3) is 0.417. The Morgan fingerprint density at radius 1 is 1.47 bits per heavy atom. The topological polar surface area (TPSA) is 58.6 Å². The number of carbonyl (C=O) groups excluding carboxylic acids is 1. The summed E-state index contributed by atoms with van der Waals surface area (Å²) < 4.78 is 29.3. The van der Waals surface area contributed by atoms with Crippen molar-refractivity contribution in [3.05, 3.63) is 29.3 Å². The molecule has 1 aromatic rings. The minimum absolute atomic E-state index is 0.321. The minimum atomic E-state index is -2.90. The van der Waals surface area contributed by atoms with Crippen molar-refractivity contribution in [2.45, 2.75) is 25.6 Å². The number of hydrogen-bond donors (Lipinski definition) is 2. The lowest BCUT2D eigenvalue weighted by Gasteiger charge is -2.17. The molecule has 0 fully saturated rings. The number of alkyl halides is 2. The van der Waals surface area contributed by atoms with Crippen molar-refractivity contribution in [1.82, 2.24) is 5.32 Å². The highest BCUT2D eigenvalue weighted by Crippen LogP contribution is 2.24. The fourth-order valence-electron chi connectivity index (χ4n) is 1.22. The molecule has 19 heavy (non-hydrogen) atoms. The number of benzene rings is 1. The Morgan fingerprint density at radius 3 is 2.68 bits per heavy atom. The van der Waals surface area contributed by atoms with Crippen LogP contribution in [0.3, 0.4) is 0 Å². The third kappa shape index (κ3) is 5.00. The number of halogens is 3. The molecule has 0 bridgehead atoms. The molecule has 0 aliphatic heterocycles. The number of ether oxygens (including phenoxy) is 1. The first-order valence-corrected chi connectivity index (χ1v) is 5.94. The van der Waals surface area contributed by atoms with Crippen molar-refractivity contribution in [2.24, 2.45) is 0 Å². The Labute approximate surface area is 114 Å². The molecule has 2 unspecified atom stereocenters. The maximum Gasteiger partial charge on any atom is 0.265 e. The highest BCUT2D eigenvalue weighted by Gasteiger charge is 2.20. The van der Waals surface area contributed by atoms with Gasteiger partial charge in [-0.1, -0.05) is 23.7 Å². The molecule has 0 aromatic heterocycles. The first-order chi connectivity index (χ1) is 8.91. The van der Waals surface area contributed by atoms with Gasteiger partial charge in [0.2, 0.25) is 0 Å². The van der Waals surface area contributed by atoms with Gasteiger partial charge in [-0.15, -0.1) is 0 Å². The van der Waals surface area contributed by atoms with E-state index in [9.17, 15) is 13.6 Å². The zero-order valence-electron chi connectivity index (χ0n) is 10.1. The van der Waals surface area contributed by atoms with E-state index >= 15 is 0 Å². The van der Waals surface area contributed by atoms with E-state index in [1.165, 1.54) is 6.92 Å². The van der Waals surface area contributed by atoms with E-state index < -0.39 is 31.1 Å². The fourth-order valence-corrected chi connectivity index (χ4v) is 1.40. The molecule has 0 saturated carbocycles. The summed E-state index contributed by atoms with van der Waals surface area (Å²) in [5, 5.41) is 11.4. The van der Waals surface area contributed by atoms with Crippen molar-refractivity contribution < 1.29 is 23.4 Å². The van der Waals surface area contributed by atoms with E-state index in [1.54, 1.807) is 24.3 Å². The SMILES string of the molecule is CC(Oc1ccccc1Cl)C(=O)NCC(O)C(F)F. The predicted octanol–water partition coefficient (Wildman–Crippen LogP) is 1.85. The molecule has 0 radical (unpaired) electrons. The number of para-hydroxylation sites is 1. The van der Waals surface area contributed by atoms with Gasteiger partial charge in [-0.2, -0.15) is 0 Å². The molecule has 2 N–H and O–H groups in total. The summed E-state index contributed by atoms with van der Waals surface area (Å²) in [6, 6.07) is 6.58. The summed E-state index contributed by atoms with van der Waals surface area (Å²) in [7, 11) is 0. The number of rotatable bonds is 6. The highest BCUT2D eigenvalue weighted by molar-refractivity contribution is 6.32. The Balaban J connectivity index is 2.47. The molecular weight excluding hydrogens is 280 g/mol. The number of aliphatic hydroxyl groups is 1. The second-order valence-corrected chi connectivity index (χ2v) is 4.24. The van der Waals surface area contributed by atoms with Crippen molar-refractivity contribution in [2.75, 3.05) is 6.54 Å². The molecule has 0 heterocycles. The van der Waals surface area contributed by atoms with Gasteiger partial charge in [0.25, 0.3) is 12.3 Å². The van der Waals surface area contributed by atoms with Crippen molar-refractivity contribution in [3.8, 4) is 5.75 Å². The highest BCUT2D eigenvalue weighted by atomic mass is 35.5. The smallest absolute Gasteiger partial charge is 0.265 e. The minimum Gasteiger partial charge on any atom is -0.479 e. The summed E-state index contributed by atoms with van der Waals surface area (Å²) >= 11 is 5.85. The summed E-state index contributed by atoms with van der Waals surface area (Å²) in [5.74, 6) is -0.291. The van der Waals surface area contributed by atoms with Crippen LogP contribution >= 0.6 is 11.6 Å². The third-order valence-corrected chi connectivity index (χ3v) is 2.60. The normalized spacial score (nSPS) is 14.0. The number of amides is 1. The van der Waals surface area contributed by atoms with Gasteiger partial charge >= 0.3 is 0 Å². The monoisotopic (exact) mass is 293 g/mol. The average Bonchev–Trinajstić information content (AvgIpc) is 2.37. The maximum absolute atomic E-state index is 12.0. The van der Waals surface area contributed by atoms with E-state index in [-0.39, 0.29) is 0 Å². The number of carbonyl (C=O) groups is 1. The molecular formula is C12H14ClF2NO3. The van der Waals surface area contributed by atoms with Gasteiger partial charge < -0.3 is 15.2 Å². The zero-order chi connectivity index (χ0) is 14.4. The quantitative estimate of drug-likeness (QED) is 0.841. The van der Waals surface area contributed by atoms with Crippen LogP contribution in [-0.4, -0.2) is 36.2 Å². The van der Waals surface area contributed by atoms with Crippen LogP contribution in [0.4, 0.5) is 8.78 Å². The second-order valence-electron chi connectivity index (χ2n) is 3.84. The van der Waals surface area contributed by atoms with E-state index in [0.717, 1.165) is 0 Å². The van der Waals surface area contributed by atoms with Gasteiger partial charge in [0.1, 0.15) is 11.9 Å². The first kappa shape index (κ1) is 15.7. The Bertz CT molecular complexity index is 431. The summed E-state index contributed by atoms with van der Waals surface area (Å²) in [6.45, 7) is 0.917. The van der Waals surface area contributed by atoms with Crippen LogP contribution in [0.2, 0.25) is 5.02 Å². The van der Waals surface area contributed by atoms with Crippen LogP contribution in [0, 0.1) is 0 Å². The van der Waals surface area contributed by atoms with E-state index in [1.807, 2.05) is 0 Å². The van der Waals surface area contributed by atoms with Crippen LogP contribution in [-0.2, 0) is 4.79 Å². The molecule has 0 aliphatic rings. The standard InChI is InChI=1S/C12H14ClF2NO3/c1-7(12(18)16-6-9(17)11(14)15)19-10-5-3-2-4-8(10)13/h2-5,7,9,11,17H,6H2,1H3,(H,16,18). The molecule has 0 aliphatic carbocycles. The molecule has 106 valence electrons. The van der Waals surface area contributed by atoms with E-state index in [4.69, 9.17) is 21.4 Å². The van der Waals surface area contributed by atoms with Crippen molar-refractivity contribution in [1.29, 1.82) is 0 Å². The molecule has 4 nitrogen and oxygen atoms in total. The zero-order valence-corrected chi connectivity index (χ0v) is 10.9. The predicted molar refractivity (Wildman–Crippen MR) is 66.6 cm³/mol. The summed E-state index contributed by atoms with van der Waals surface area (Å²) in [6.07, 6.45) is -5.71. The lowest BCUT2D eigenvalue weighted by molar-refractivity contribution is -0.128. The Kier molecular flexibility index (Phi) is 5.98.